The smallest absolute Gasteiger partial charge is 0.246 e. The van der Waals surface area contributed by atoms with Crippen LogP contribution >= 0.6 is 0 Å². The highest BCUT2D eigenvalue weighted by atomic mass is 19.1. The van der Waals surface area contributed by atoms with Crippen molar-refractivity contribution in [2.45, 2.75) is 43.6 Å². The molecule has 0 radical (unpaired) electrons. The van der Waals surface area contributed by atoms with Crippen molar-refractivity contribution in [3.05, 3.63) is 42.2 Å². The maximum absolute atomic E-state index is 14.9. The molecule has 4 heterocycles. The van der Waals surface area contributed by atoms with Crippen LogP contribution in [-0.2, 0) is 4.79 Å². The number of carbonyl (C=O) groups is 1. The van der Waals surface area contributed by atoms with Crippen molar-refractivity contribution in [3.63, 3.8) is 0 Å². The Morgan fingerprint density at radius 3 is 2.77 bits per heavy atom. The Labute approximate surface area is 180 Å². The Morgan fingerprint density at radius 1 is 1.26 bits per heavy atom. The summed E-state index contributed by atoms with van der Waals surface area (Å²) >= 11 is 0. The van der Waals surface area contributed by atoms with Gasteiger partial charge in [-0.3, -0.25) is 9.78 Å². The highest BCUT2D eigenvalue weighted by molar-refractivity contribution is 6.00. The number of phenolic OH excluding ortho intramolecular Hbond substituents is 1. The molecule has 2 fully saturated rings. The van der Waals surface area contributed by atoms with E-state index in [1.54, 1.807) is 42.6 Å². The summed E-state index contributed by atoms with van der Waals surface area (Å²) in [6, 6.07) is 5.38. The van der Waals surface area contributed by atoms with E-state index >= 15 is 0 Å². The van der Waals surface area contributed by atoms with Gasteiger partial charge >= 0.3 is 0 Å². The number of hydrogen-bond donors (Lipinski definition) is 2. The van der Waals surface area contributed by atoms with Gasteiger partial charge in [-0.2, -0.15) is 0 Å². The number of fused-ring (bicyclic) bond motifs is 2. The van der Waals surface area contributed by atoms with Gasteiger partial charge < -0.3 is 20.2 Å². The minimum Gasteiger partial charge on any atom is -0.507 e. The van der Waals surface area contributed by atoms with Gasteiger partial charge in [-0.05, 0) is 42.5 Å². The summed E-state index contributed by atoms with van der Waals surface area (Å²) in [6.07, 6.45) is 6.56. The van der Waals surface area contributed by atoms with Crippen molar-refractivity contribution in [3.8, 4) is 17.0 Å². The van der Waals surface area contributed by atoms with Crippen molar-refractivity contribution < 1.29 is 14.3 Å². The summed E-state index contributed by atoms with van der Waals surface area (Å²) in [4.78, 5) is 24.2. The van der Waals surface area contributed by atoms with Crippen LogP contribution in [0.15, 0.2) is 36.7 Å². The van der Waals surface area contributed by atoms with Gasteiger partial charge in [0, 0.05) is 44.4 Å². The van der Waals surface area contributed by atoms with Crippen molar-refractivity contribution in [2.75, 3.05) is 25.5 Å². The molecule has 0 saturated carbocycles. The summed E-state index contributed by atoms with van der Waals surface area (Å²) in [5, 5.41) is 13.9. The minimum absolute atomic E-state index is 0.0404. The molecule has 0 unspecified atom stereocenters. The first-order valence-corrected chi connectivity index (χ1v) is 10.6. The lowest BCUT2D eigenvalue weighted by Crippen LogP contribution is -2.55. The molecular formula is C23H26FN5O2. The largest absolute Gasteiger partial charge is 0.507 e. The fourth-order valence-corrected chi connectivity index (χ4v) is 4.92. The van der Waals surface area contributed by atoms with Gasteiger partial charge in [-0.1, -0.05) is 6.07 Å². The Kier molecular flexibility index (Phi) is 4.89. The number of phenols is 1. The Hall–Kier alpha value is -3.00. The van der Waals surface area contributed by atoms with Crippen LogP contribution in [0.4, 0.5) is 10.2 Å². The van der Waals surface area contributed by atoms with Gasteiger partial charge in [0.2, 0.25) is 5.91 Å². The van der Waals surface area contributed by atoms with Crippen LogP contribution in [0.1, 0.15) is 24.8 Å². The van der Waals surface area contributed by atoms with E-state index < -0.39 is 6.17 Å². The first-order chi connectivity index (χ1) is 14.9. The molecule has 1 amide bonds. The lowest BCUT2D eigenvalue weighted by atomic mass is 9.96. The van der Waals surface area contributed by atoms with E-state index in [2.05, 4.69) is 15.3 Å². The van der Waals surface area contributed by atoms with Crippen LogP contribution in [0.2, 0.25) is 0 Å². The highest BCUT2D eigenvalue weighted by Crippen LogP contribution is 2.34. The zero-order valence-corrected chi connectivity index (χ0v) is 17.6. The molecule has 31 heavy (non-hydrogen) atoms. The number of benzene rings is 1. The van der Waals surface area contributed by atoms with Gasteiger partial charge in [0.05, 0.1) is 24.1 Å². The maximum Gasteiger partial charge on any atom is 0.246 e. The van der Waals surface area contributed by atoms with Crippen molar-refractivity contribution in [1.82, 2.24) is 20.2 Å². The second kappa shape index (κ2) is 7.60. The number of amides is 1. The first-order valence-electron chi connectivity index (χ1n) is 10.6. The predicted octanol–water partition coefficient (Wildman–Crippen LogP) is 2.37. The van der Waals surface area contributed by atoms with Crippen LogP contribution in [0, 0.1) is 0 Å². The van der Waals surface area contributed by atoms with Gasteiger partial charge in [0.15, 0.2) is 0 Å². The van der Waals surface area contributed by atoms with Crippen molar-refractivity contribution in [2.24, 2.45) is 0 Å². The van der Waals surface area contributed by atoms with Gasteiger partial charge in [0.1, 0.15) is 17.7 Å². The second-order valence-electron chi connectivity index (χ2n) is 8.76. The van der Waals surface area contributed by atoms with Crippen molar-refractivity contribution >= 4 is 17.3 Å². The normalized spacial score (nSPS) is 27.5. The quantitative estimate of drug-likeness (QED) is 0.786. The van der Waals surface area contributed by atoms with Crippen LogP contribution in [0.25, 0.3) is 16.8 Å². The lowest BCUT2D eigenvalue weighted by Gasteiger charge is -2.38. The van der Waals surface area contributed by atoms with Crippen LogP contribution in [0.3, 0.4) is 0 Å². The summed E-state index contributed by atoms with van der Waals surface area (Å²) in [7, 11) is 3.61. The highest BCUT2D eigenvalue weighted by Gasteiger charge is 2.43. The molecule has 2 N–H and O–H groups in total. The molecular weight excluding hydrogens is 397 g/mol. The molecule has 1 aromatic heterocycles. The van der Waals surface area contributed by atoms with Gasteiger partial charge in [-0.15, -0.1) is 0 Å². The zero-order valence-electron chi connectivity index (χ0n) is 17.6. The number of aromatic hydroxyl groups is 1. The van der Waals surface area contributed by atoms with E-state index in [0.717, 1.165) is 30.4 Å². The molecule has 3 aliphatic rings. The summed E-state index contributed by atoms with van der Waals surface area (Å²) in [5.74, 6) is 0.655. The predicted molar refractivity (Wildman–Crippen MR) is 116 cm³/mol. The monoisotopic (exact) mass is 423 g/mol. The number of rotatable bonds is 4. The standard InChI is InChI=1S/C23H26FN5O2/c1-28-12-14(8-22(28)31)13-3-5-16(20(30)7-13)18-10-26-21(11-25-18)29(2)19-9-15-4-6-17(27-15)23(19)24/h3,5,7-8,10-11,15,17,19,23,27,30H,4,6,9,12H2,1-2H3/t15-,17+,19-,23+/m1/s1. The lowest BCUT2D eigenvalue weighted by molar-refractivity contribution is -0.123. The molecule has 4 atom stereocenters. The topological polar surface area (TPSA) is 81.6 Å². The molecule has 8 heteroatoms. The molecule has 3 aliphatic heterocycles. The average molecular weight is 423 g/mol. The molecule has 162 valence electrons. The Morgan fingerprint density at radius 2 is 2.10 bits per heavy atom. The number of nitrogens with one attached hydrogen (secondary N) is 1. The summed E-state index contributed by atoms with van der Waals surface area (Å²) in [6.45, 7) is 0.520. The second-order valence-corrected chi connectivity index (χ2v) is 8.76. The Balaban J connectivity index is 1.34. The number of carbonyl (C=O) groups excluding carboxylic acids is 1. The number of alkyl halides is 1. The third-order valence-electron chi connectivity index (χ3n) is 6.78. The number of anilines is 1. The zero-order chi connectivity index (χ0) is 21.7. The molecule has 5 rings (SSSR count). The number of hydrogen-bond acceptors (Lipinski definition) is 6. The number of piperidine rings is 1. The SMILES string of the molecule is CN1CC(c2ccc(-c3cnc(N(C)[C@@H]4C[C@H]5CC[C@H](N5)[C@@H]4F)cn3)c(O)c2)=CC1=O. The molecule has 1 aromatic carbocycles. The molecule has 2 aromatic rings. The number of likely N-dealkylation sites (N-methyl/N-ethyl adjacent to an activating group) is 1. The van der Waals surface area contributed by atoms with Crippen LogP contribution < -0.4 is 10.2 Å². The number of halogens is 1. The molecule has 2 bridgehead atoms. The average Bonchev–Trinajstić information content (AvgIpc) is 3.34. The van der Waals surface area contributed by atoms with Crippen LogP contribution in [-0.4, -0.2) is 70.8 Å². The van der Waals surface area contributed by atoms with Gasteiger partial charge in [0.25, 0.3) is 0 Å². The maximum atomic E-state index is 14.9. The number of aromatic nitrogens is 2. The van der Waals surface area contributed by atoms with E-state index in [1.165, 1.54) is 0 Å². The molecule has 2 saturated heterocycles. The summed E-state index contributed by atoms with van der Waals surface area (Å²) < 4.78 is 14.9. The van der Waals surface area contributed by atoms with Crippen molar-refractivity contribution in [1.29, 1.82) is 0 Å². The summed E-state index contributed by atoms with van der Waals surface area (Å²) in [5.41, 5.74) is 2.77. The third-order valence-corrected chi connectivity index (χ3v) is 6.78. The molecule has 0 aliphatic carbocycles. The molecule has 0 spiro atoms. The van der Waals surface area contributed by atoms with E-state index in [1.807, 2.05) is 18.0 Å². The van der Waals surface area contributed by atoms with Crippen LogP contribution in [0.5, 0.6) is 5.75 Å². The van der Waals surface area contributed by atoms with E-state index in [4.69, 9.17) is 0 Å². The Bertz CT molecular complexity index is 1040. The fourth-order valence-electron chi connectivity index (χ4n) is 4.92. The van der Waals surface area contributed by atoms with E-state index in [-0.39, 0.29) is 23.7 Å². The van der Waals surface area contributed by atoms with E-state index in [9.17, 15) is 14.3 Å². The minimum atomic E-state index is -0.933. The van der Waals surface area contributed by atoms with E-state index in [0.29, 0.717) is 29.7 Å². The fraction of sp³-hybridized carbons (Fsp3) is 0.435. The third kappa shape index (κ3) is 3.54. The first kappa shape index (κ1) is 19.9. The van der Waals surface area contributed by atoms with Gasteiger partial charge in [-0.25, -0.2) is 9.37 Å². The number of nitrogens with zero attached hydrogens (tertiary/aromatic N) is 4. The molecule has 7 nitrogen and oxygen atoms in total.